The third kappa shape index (κ3) is 4.34. The highest BCUT2D eigenvalue weighted by molar-refractivity contribution is 5.94. The number of rotatable bonds is 7. The molecule has 0 unspecified atom stereocenters. The predicted molar refractivity (Wildman–Crippen MR) is 132 cm³/mol. The molecule has 2 fully saturated rings. The van der Waals surface area contributed by atoms with Crippen molar-refractivity contribution in [2.24, 2.45) is 11.1 Å². The molecule has 0 spiro atoms. The van der Waals surface area contributed by atoms with Gasteiger partial charge in [0.1, 0.15) is 24.9 Å². The largest absolute Gasteiger partial charge is 0.392 e. The van der Waals surface area contributed by atoms with Crippen molar-refractivity contribution in [3.05, 3.63) is 74.6 Å². The number of nitrogens with zero attached hydrogens (tertiary/aromatic N) is 4. The van der Waals surface area contributed by atoms with Crippen LogP contribution in [0.3, 0.4) is 0 Å². The Hall–Kier alpha value is -3.17. The lowest BCUT2D eigenvalue weighted by Crippen LogP contribution is -2.53. The number of para-hydroxylation sites is 1. The van der Waals surface area contributed by atoms with Gasteiger partial charge in [-0.1, -0.05) is 40.6 Å². The second kappa shape index (κ2) is 9.47. The molecule has 5 rings (SSSR count). The summed E-state index contributed by atoms with van der Waals surface area (Å²) in [4.78, 5) is 32.1. The van der Waals surface area contributed by atoms with Crippen molar-refractivity contribution in [3.63, 3.8) is 0 Å². The first kappa shape index (κ1) is 23.6. The van der Waals surface area contributed by atoms with Gasteiger partial charge in [-0.25, -0.2) is 23.5 Å². The predicted octanol–water partition coefficient (Wildman–Crippen LogP) is 2.57. The molecule has 9 heteroatoms. The molecular formula is C26H32N4O5. The molecule has 1 saturated heterocycles. The smallest absolute Gasteiger partial charge is 0.352 e. The molecule has 9 nitrogen and oxygen atoms in total. The number of aromatic nitrogens is 3. The summed E-state index contributed by atoms with van der Waals surface area (Å²) in [5.41, 5.74) is 2.88. The first-order valence-electron chi connectivity index (χ1n) is 12.2. The van der Waals surface area contributed by atoms with Gasteiger partial charge in [0.25, 0.3) is 0 Å². The van der Waals surface area contributed by atoms with Crippen LogP contribution < -0.4 is 11.4 Å². The Balaban J connectivity index is 1.38. The summed E-state index contributed by atoms with van der Waals surface area (Å²) >= 11 is 0. The van der Waals surface area contributed by atoms with Crippen LogP contribution in [0.15, 0.2) is 68.4 Å². The molecule has 1 aliphatic carbocycles. The zero-order valence-electron chi connectivity index (χ0n) is 20.3. The minimum absolute atomic E-state index is 0.250. The standard InChI is InChI=1S/C26H32N4O5/c1-16(2)8-7-9-17(3)13-15-34-27-20-19-12-14-28-25(32)29(18-10-5-4-6-11-18)26(33)30(28)21(19)22(31)24-23(20)35-24/h4-6,8,10-11,13,19,21-24,31H,7,9,12,14-15H2,1-3H3/b17-13+,27-20-/t19-,21-,22+,23-,24+/m1/s1. The topological polar surface area (TPSA) is 103 Å². The van der Waals surface area contributed by atoms with Gasteiger partial charge < -0.3 is 14.7 Å². The third-order valence-electron chi connectivity index (χ3n) is 7.07. The minimum Gasteiger partial charge on any atom is -0.392 e. The summed E-state index contributed by atoms with van der Waals surface area (Å²) in [5, 5.41) is 15.4. The molecule has 2 aromatic rings. The normalized spacial score (nSPS) is 28.2. The number of hydrogen-bond acceptors (Lipinski definition) is 6. The highest BCUT2D eigenvalue weighted by Gasteiger charge is 2.61. The van der Waals surface area contributed by atoms with E-state index in [1.165, 1.54) is 20.5 Å². The fourth-order valence-corrected chi connectivity index (χ4v) is 5.22. The minimum atomic E-state index is -0.906. The molecule has 186 valence electrons. The van der Waals surface area contributed by atoms with Crippen molar-refractivity contribution in [3.8, 4) is 5.69 Å². The average molecular weight is 481 g/mol. The van der Waals surface area contributed by atoms with Crippen molar-refractivity contribution in [2.45, 2.75) is 70.9 Å². The van der Waals surface area contributed by atoms with E-state index in [1.54, 1.807) is 24.3 Å². The van der Waals surface area contributed by atoms with Crippen LogP contribution in [-0.4, -0.2) is 49.7 Å². The van der Waals surface area contributed by atoms with Gasteiger partial charge in [-0.2, -0.15) is 0 Å². The van der Waals surface area contributed by atoms with Gasteiger partial charge in [-0.15, -0.1) is 0 Å². The van der Waals surface area contributed by atoms with Crippen LogP contribution in [0.5, 0.6) is 0 Å². The van der Waals surface area contributed by atoms with Crippen molar-refractivity contribution in [1.29, 1.82) is 0 Å². The molecule has 3 heterocycles. The van der Waals surface area contributed by atoms with E-state index >= 15 is 0 Å². The van der Waals surface area contributed by atoms with E-state index in [0.717, 1.165) is 17.4 Å². The number of fused-ring (bicyclic) bond motifs is 4. The Bertz CT molecular complexity index is 1300. The maximum atomic E-state index is 13.4. The maximum absolute atomic E-state index is 13.4. The fourth-order valence-electron chi connectivity index (χ4n) is 5.22. The lowest BCUT2D eigenvalue weighted by Gasteiger charge is -2.38. The summed E-state index contributed by atoms with van der Waals surface area (Å²) in [6.45, 7) is 6.95. The number of aliphatic hydroxyl groups excluding tert-OH is 1. The van der Waals surface area contributed by atoms with Crippen molar-refractivity contribution in [2.75, 3.05) is 6.61 Å². The Morgan fingerprint density at radius 3 is 2.69 bits per heavy atom. The Labute approximate surface area is 203 Å². The molecule has 1 aromatic carbocycles. The summed E-state index contributed by atoms with van der Waals surface area (Å²) in [6.07, 6.45) is 5.10. The maximum Gasteiger partial charge on any atom is 0.352 e. The van der Waals surface area contributed by atoms with Gasteiger partial charge in [-0.3, -0.25) is 0 Å². The summed E-state index contributed by atoms with van der Waals surface area (Å²) in [7, 11) is 0. The highest BCUT2D eigenvalue weighted by atomic mass is 16.6. The fraction of sp³-hybridized carbons (Fsp3) is 0.500. The first-order chi connectivity index (χ1) is 16.9. The number of benzene rings is 1. The molecule has 1 aromatic heterocycles. The van der Waals surface area contributed by atoms with Crippen LogP contribution in [0.2, 0.25) is 0 Å². The molecule has 5 atom stereocenters. The molecule has 1 N–H and O–H groups in total. The summed E-state index contributed by atoms with van der Waals surface area (Å²) in [5.74, 6) is -0.250. The molecule has 0 radical (unpaired) electrons. The monoisotopic (exact) mass is 480 g/mol. The Kier molecular flexibility index (Phi) is 6.37. The van der Waals surface area contributed by atoms with Gasteiger partial charge in [-0.05, 0) is 58.2 Å². The number of ether oxygens (including phenoxy) is 1. The molecule has 35 heavy (non-hydrogen) atoms. The zero-order valence-corrected chi connectivity index (χ0v) is 20.3. The van der Waals surface area contributed by atoms with Crippen LogP contribution in [0.25, 0.3) is 5.69 Å². The van der Waals surface area contributed by atoms with Gasteiger partial charge >= 0.3 is 11.4 Å². The van der Waals surface area contributed by atoms with Crippen LogP contribution >= 0.6 is 0 Å². The number of hydrogen-bond donors (Lipinski definition) is 1. The van der Waals surface area contributed by atoms with Crippen LogP contribution in [-0.2, 0) is 16.1 Å². The van der Waals surface area contributed by atoms with E-state index in [9.17, 15) is 14.7 Å². The highest BCUT2D eigenvalue weighted by Crippen LogP contribution is 2.46. The van der Waals surface area contributed by atoms with Crippen LogP contribution in [0.1, 0.15) is 46.1 Å². The van der Waals surface area contributed by atoms with Crippen molar-refractivity contribution < 1.29 is 14.7 Å². The number of allylic oxidation sites excluding steroid dienone is 3. The number of epoxide rings is 1. The van der Waals surface area contributed by atoms with Crippen molar-refractivity contribution in [1.82, 2.24) is 13.9 Å². The van der Waals surface area contributed by atoms with E-state index in [2.05, 4.69) is 32.0 Å². The van der Waals surface area contributed by atoms with Crippen molar-refractivity contribution >= 4 is 5.71 Å². The molecular weight excluding hydrogens is 448 g/mol. The van der Waals surface area contributed by atoms with E-state index in [0.29, 0.717) is 31.0 Å². The van der Waals surface area contributed by atoms with Crippen LogP contribution in [0, 0.1) is 5.92 Å². The summed E-state index contributed by atoms with van der Waals surface area (Å²) < 4.78 is 9.72. The van der Waals surface area contributed by atoms with Gasteiger partial charge in [0.2, 0.25) is 0 Å². The molecule has 1 saturated carbocycles. The second-order valence-corrected chi connectivity index (χ2v) is 9.78. The zero-order chi connectivity index (χ0) is 24.7. The number of oxime groups is 1. The SMILES string of the molecule is CC(C)=CCC/C(C)=C/CO/N=C1/[C@H]2CCn3c(=O)n(-c4ccccc4)c(=O)n3[C@H]2[C@H](O)[C@@H]2O[C@H]12. The second-order valence-electron chi connectivity index (χ2n) is 9.78. The quantitative estimate of drug-likeness (QED) is 0.284. The lowest BCUT2D eigenvalue weighted by molar-refractivity contribution is 0.0326. The Morgan fingerprint density at radius 1 is 1.17 bits per heavy atom. The first-order valence-corrected chi connectivity index (χ1v) is 12.2. The van der Waals surface area contributed by atoms with E-state index < -0.39 is 29.6 Å². The van der Waals surface area contributed by atoms with Gasteiger partial charge in [0, 0.05) is 12.5 Å². The lowest BCUT2D eigenvalue weighted by atomic mass is 9.78. The van der Waals surface area contributed by atoms with Crippen LogP contribution in [0.4, 0.5) is 0 Å². The molecule has 0 amide bonds. The van der Waals surface area contributed by atoms with Gasteiger partial charge in [0.05, 0.1) is 17.4 Å². The molecule has 0 bridgehead atoms. The number of aliphatic hydroxyl groups is 1. The van der Waals surface area contributed by atoms with E-state index in [-0.39, 0.29) is 12.0 Å². The van der Waals surface area contributed by atoms with Gasteiger partial charge in [0.15, 0.2) is 0 Å². The molecule has 3 aliphatic rings. The summed E-state index contributed by atoms with van der Waals surface area (Å²) in [6, 6.07) is 8.20. The molecule has 2 aliphatic heterocycles. The van der Waals surface area contributed by atoms with E-state index in [4.69, 9.17) is 9.57 Å². The van der Waals surface area contributed by atoms with E-state index in [1.807, 2.05) is 12.1 Å². The third-order valence-corrected chi connectivity index (χ3v) is 7.07. The average Bonchev–Trinajstić information content (AvgIpc) is 3.60. The Morgan fingerprint density at radius 2 is 1.94 bits per heavy atom.